The van der Waals surface area contributed by atoms with Crippen LogP contribution in [0, 0.1) is 3.57 Å². The average Bonchev–Trinajstić information content (AvgIpc) is 2.68. The lowest BCUT2D eigenvalue weighted by Crippen LogP contribution is -2.02. The zero-order valence-corrected chi connectivity index (χ0v) is 17.8. The number of para-hydroxylation sites is 1. The fourth-order valence-corrected chi connectivity index (χ4v) is 3.37. The van der Waals surface area contributed by atoms with Gasteiger partial charge in [0.15, 0.2) is 11.5 Å². The number of ether oxygens (including phenoxy) is 2. The molecule has 3 nitrogen and oxygen atoms in total. The Morgan fingerprint density at radius 3 is 2.44 bits per heavy atom. The molecule has 138 valence electrons. The Hall–Kier alpha value is -2.05. The van der Waals surface area contributed by atoms with Crippen LogP contribution in [0.15, 0.2) is 71.7 Å². The van der Waals surface area contributed by atoms with Crippen molar-refractivity contribution in [1.29, 1.82) is 0 Å². The molecule has 0 unspecified atom stereocenters. The van der Waals surface area contributed by atoms with Crippen molar-refractivity contribution >= 4 is 46.1 Å². The van der Waals surface area contributed by atoms with Crippen LogP contribution in [-0.4, -0.2) is 12.8 Å². The number of nitrogens with zero attached hydrogens (tertiary/aromatic N) is 1. The van der Waals surface area contributed by atoms with E-state index < -0.39 is 0 Å². The lowest BCUT2D eigenvalue weighted by molar-refractivity contribution is 0.267. The smallest absolute Gasteiger partial charge is 0.175 e. The first kappa shape index (κ1) is 19.7. The zero-order chi connectivity index (χ0) is 19.1. The number of halogens is 2. The van der Waals surface area contributed by atoms with Gasteiger partial charge in [-0.15, -0.1) is 0 Å². The van der Waals surface area contributed by atoms with Gasteiger partial charge in [-0.3, -0.25) is 4.99 Å². The Labute approximate surface area is 178 Å². The van der Waals surface area contributed by atoms with Crippen LogP contribution in [0.25, 0.3) is 0 Å². The summed E-state index contributed by atoms with van der Waals surface area (Å²) in [4.78, 5) is 4.51. The Kier molecular flexibility index (Phi) is 7.12. The molecule has 0 radical (unpaired) electrons. The average molecular weight is 492 g/mol. The molecule has 0 aromatic heterocycles. The molecule has 0 atom stereocenters. The number of rotatable bonds is 7. The highest BCUT2D eigenvalue weighted by molar-refractivity contribution is 14.1. The molecule has 0 fully saturated rings. The van der Waals surface area contributed by atoms with Crippen LogP contribution in [-0.2, 0) is 6.61 Å². The molecular weight excluding hydrogens is 473 g/mol. The van der Waals surface area contributed by atoms with Gasteiger partial charge < -0.3 is 9.47 Å². The fourth-order valence-electron chi connectivity index (χ4n) is 2.46. The van der Waals surface area contributed by atoms with E-state index in [0.29, 0.717) is 24.0 Å². The van der Waals surface area contributed by atoms with E-state index in [2.05, 4.69) is 27.6 Å². The predicted octanol–water partition coefficient (Wildman–Crippen LogP) is 6.67. The Morgan fingerprint density at radius 2 is 1.74 bits per heavy atom. The molecule has 0 aliphatic heterocycles. The minimum Gasteiger partial charge on any atom is -0.490 e. The first-order valence-corrected chi connectivity index (χ1v) is 10.0. The van der Waals surface area contributed by atoms with Crippen molar-refractivity contribution in [2.75, 3.05) is 6.61 Å². The van der Waals surface area contributed by atoms with E-state index >= 15 is 0 Å². The molecule has 0 aliphatic rings. The van der Waals surface area contributed by atoms with E-state index in [0.717, 1.165) is 26.1 Å². The first-order valence-electron chi connectivity index (χ1n) is 8.58. The Balaban J connectivity index is 1.81. The van der Waals surface area contributed by atoms with Crippen LogP contribution >= 0.6 is 34.2 Å². The number of benzene rings is 3. The molecule has 0 heterocycles. The molecule has 5 heteroatoms. The summed E-state index contributed by atoms with van der Waals surface area (Å²) in [6.07, 6.45) is 1.84. The fraction of sp³-hybridized carbons (Fsp3) is 0.136. The van der Waals surface area contributed by atoms with E-state index in [1.54, 1.807) is 0 Å². The second kappa shape index (κ2) is 9.76. The van der Waals surface area contributed by atoms with E-state index in [9.17, 15) is 0 Å². The highest BCUT2D eigenvalue weighted by Crippen LogP contribution is 2.34. The van der Waals surface area contributed by atoms with E-state index in [1.807, 2.05) is 79.9 Å². The van der Waals surface area contributed by atoms with E-state index in [1.165, 1.54) is 0 Å². The lowest BCUT2D eigenvalue weighted by Gasteiger charge is -2.15. The number of hydrogen-bond acceptors (Lipinski definition) is 3. The van der Waals surface area contributed by atoms with Crippen LogP contribution in [0.5, 0.6) is 11.5 Å². The first-order chi connectivity index (χ1) is 13.2. The van der Waals surface area contributed by atoms with Gasteiger partial charge in [-0.2, -0.15) is 0 Å². The molecule has 0 spiro atoms. The molecule has 0 saturated carbocycles. The molecule has 0 saturated heterocycles. The molecule has 0 bridgehead atoms. The molecule has 27 heavy (non-hydrogen) atoms. The van der Waals surface area contributed by atoms with Gasteiger partial charge in [-0.25, -0.2) is 0 Å². The second-order valence-corrected chi connectivity index (χ2v) is 7.37. The summed E-state index contributed by atoms with van der Waals surface area (Å²) in [5, 5.41) is 0.713. The van der Waals surface area contributed by atoms with E-state index in [-0.39, 0.29) is 0 Å². The third-order valence-electron chi connectivity index (χ3n) is 3.75. The van der Waals surface area contributed by atoms with Crippen molar-refractivity contribution in [3.05, 3.63) is 86.4 Å². The highest BCUT2D eigenvalue weighted by atomic mass is 127. The largest absolute Gasteiger partial charge is 0.490 e. The topological polar surface area (TPSA) is 30.8 Å². The molecule has 0 aliphatic carbocycles. The molecule has 3 rings (SSSR count). The van der Waals surface area contributed by atoms with Crippen LogP contribution < -0.4 is 9.47 Å². The predicted molar refractivity (Wildman–Crippen MR) is 120 cm³/mol. The minimum absolute atomic E-state index is 0.449. The Bertz CT molecular complexity index is 912. The molecule has 0 amide bonds. The molecule has 0 N–H and O–H groups in total. The van der Waals surface area contributed by atoms with Gasteiger partial charge in [-0.05, 0) is 77.0 Å². The van der Waals surface area contributed by atoms with Crippen molar-refractivity contribution in [3.63, 3.8) is 0 Å². The van der Waals surface area contributed by atoms with E-state index in [4.69, 9.17) is 21.1 Å². The summed E-state index contributed by atoms with van der Waals surface area (Å²) in [5.74, 6) is 1.46. The summed E-state index contributed by atoms with van der Waals surface area (Å²) < 4.78 is 12.8. The number of aliphatic imine (C=N–C) groups is 1. The third kappa shape index (κ3) is 5.71. The van der Waals surface area contributed by atoms with Gasteiger partial charge in [0.1, 0.15) is 6.61 Å². The van der Waals surface area contributed by atoms with Gasteiger partial charge in [-0.1, -0.05) is 41.9 Å². The maximum absolute atomic E-state index is 6.04. The van der Waals surface area contributed by atoms with Gasteiger partial charge in [0.25, 0.3) is 0 Å². The van der Waals surface area contributed by atoms with Crippen molar-refractivity contribution in [1.82, 2.24) is 0 Å². The summed E-state index contributed by atoms with van der Waals surface area (Å²) in [7, 11) is 0. The highest BCUT2D eigenvalue weighted by Gasteiger charge is 2.12. The third-order valence-corrected chi connectivity index (χ3v) is 4.80. The Morgan fingerprint density at radius 1 is 1.00 bits per heavy atom. The van der Waals surface area contributed by atoms with Gasteiger partial charge >= 0.3 is 0 Å². The number of hydrogen-bond donors (Lipinski definition) is 0. The second-order valence-electron chi connectivity index (χ2n) is 5.77. The van der Waals surface area contributed by atoms with Crippen molar-refractivity contribution in [3.8, 4) is 11.5 Å². The van der Waals surface area contributed by atoms with Crippen LogP contribution in [0.4, 0.5) is 5.69 Å². The monoisotopic (exact) mass is 491 g/mol. The molecule has 3 aromatic rings. The van der Waals surface area contributed by atoms with Crippen LogP contribution in [0.1, 0.15) is 18.1 Å². The van der Waals surface area contributed by atoms with Crippen LogP contribution in [0.3, 0.4) is 0 Å². The zero-order valence-electron chi connectivity index (χ0n) is 14.9. The van der Waals surface area contributed by atoms with Crippen molar-refractivity contribution < 1.29 is 9.47 Å². The molecular formula is C22H19ClINO2. The van der Waals surface area contributed by atoms with Gasteiger partial charge in [0, 0.05) is 11.2 Å². The summed E-state index contributed by atoms with van der Waals surface area (Å²) in [6, 6.07) is 21.5. The minimum atomic E-state index is 0.449. The maximum Gasteiger partial charge on any atom is 0.175 e. The molecule has 3 aromatic carbocycles. The normalized spacial score (nSPS) is 10.9. The van der Waals surface area contributed by atoms with Crippen molar-refractivity contribution in [2.24, 2.45) is 4.99 Å². The summed E-state index contributed by atoms with van der Waals surface area (Å²) in [6.45, 7) is 2.97. The maximum atomic E-state index is 6.04. The van der Waals surface area contributed by atoms with Gasteiger partial charge in [0.2, 0.25) is 0 Å². The summed E-state index contributed by atoms with van der Waals surface area (Å²) >= 11 is 8.20. The van der Waals surface area contributed by atoms with Gasteiger partial charge in [0.05, 0.1) is 15.9 Å². The van der Waals surface area contributed by atoms with Crippen molar-refractivity contribution in [2.45, 2.75) is 13.5 Å². The quantitative estimate of drug-likeness (QED) is 0.273. The SMILES string of the molecule is CCOc1cc(C=Nc2ccccc2)cc(I)c1OCc1ccc(Cl)cc1. The standard InChI is InChI=1S/C22H19ClINO2/c1-2-26-21-13-17(14-25-19-6-4-3-5-7-19)12-20(24)22(21)27-15-16-8-10-18(23)11-9-16/h3-14H,2,15H2,1H3. The van der Waals surface area contributed by atoms with Crippen LogP contribution in [0.2, 0.25) is 5.02 Å². The lowest BCUT2D eigenvalue weighted by atomic mass is 10.2. The summed E-state index contributed by atoms with van der Waals surface area (Å²) in [5.41, 5.74) is 2.92.